The van der Waals surface area contributed by atoms with Crippen LogP contribution in [0.25, 0.3) is 0 Å². The predicted molar refractivity (Wildman–Crippen MR) is 114 cm³/mol. The second-order valence-corrected chi connectivity index (χ2v) is 10.1. The van der Waals surface area contributed by atoms with Crippen molar-refractivity contribution in [2.24, 2.45) is 23.7 Å². The van der Waals surface area contributed by atoms with Crippen LogP contribution in [0.15, 0.2) is 24.3 Å². The molecule has 1 saturated heterocycles. The van der Waals surface area contributed by atoms with Crippen LogP contribution >= 0.6 is 31.9 Å². The lowest BCUT2D eigenvalue weighted by molar-refractivity contribution is -0.157. The molecule has 2 aliphatic carbocycles. The van der Waals surface area contributed by atoms with Crippen molar-refractivity contribution in [3.63, 3.8) is 0 Å². The van der Waals surface area contributed by atoms with Crippen molar-refractivity contribution >= 4 is 55.4 Å². The maximum Gasteiger partial charge on any atom is 0.329 e. The minimum atomic E-state index is -1.07. The van der Waals surface area contributed by atoms with E-state index in [0.29, 0.717) is 11.3 Å². The quantitative estimate of drug-likeness (QED) is 0.237. The van der Waals surface area contributed by atoms with Crippen molar-refractivity contribution in [1.82, 2.24) is 4.90 Å². The van der Waals surface area contributed by atoms with Gasteiger partial charge in [-0.05, 0) is 37.3 Å². The van der Waals surface area contributed by atoms with Crippen LogP contribution < -0.4 is 4.74 Å². The van der Waals surface area contributed by atoms with E-state index >= 15 is 0 Å². The highest BCUT2D eigenvalue weighted by atomic mass is 79.9. The zero-order chi connectivity index (χ0) is 21.7. The van der Waals surface area contributed by atoms with Crippen molar-refractivity contribution in [2.75, 3.05) is 13.7 Å². The molecule has 0 spiro atoms. The van der Waals surface area contributed by atoms with E-state index in [2.05, 4.69) is 31.9 Å². The van der Waals surface area contributed by atoms with Gasteiger partial charge >= 0.3 is 5.97 Å². The molecule has 2 bridgehead atoms. The highest BCUT2D eigenvalue weighted by molar-refractivity contribution is 9.12. The van der Waals surface area contributed by atoms with E-state index in [1.807, 2.05) is 0 Å². The average molecular weight is 543 g/mol. The summed E-state index contributed by atoms with van der Waals surface area (Å²) in [5, 5.41) is 0. The molecule has 1 aliphatic heterocycles. The number of fused-ring (bicyclic) bond motifs is 5. The van der Waals surface area contributed by atoms with E-state index in [0.717, 1.165) is 11.3 Å². The van der Waals surface area contributed by atoms with E-state index in [1.165, 1.54) is 14.0 Å². The number of hydrogen-bond donors (Lipinski definition) is 0. The van der Waals surface area contributed by atoms with Gasteiger partial charge in [-0.15, -0.1) is 0 Å². The molecular weight excluding hydrogens is 522 g/mol. The highest BCUT2D eigenvalue weighted by Gasteiger charge is 2.67. The van der Waals surface area contributed by atoms with E-state index < -0.39 is 36.2 Å². The molecule has 7 atom stereocenters. The summed E-state index contributed by atoms with van der Waals surface area (Å²) < 4.78 is 10.2. The molecule has 160 valence electrons. The monoisotopic (exact) mass is 541 g/mol. The van der Waals surface area contributed by atoms with Crippen LogP contribution in [-0.4, -0.2) is 57.9 Å². The third kappa shape index (κ3) is 3.30. The topological polar surface area (TPSA) is 90.0 Å². The van der Waals surface area contributed by atoms with Crippen molar-refractivity contribution in [2.45, 2.75) is 29.0 Å². The minimum absolute atomic E-state index is 0.0729. The van der Waals surface area contributed by atoms with Gasteiger partial charge in [-0.3, -0.25) is 19.3 Å². The molecule has 0 aromatic heterocycles. The van der Waals surface area contributed by atoms with Gasteiger partial charge in [-0.2, -0.15) is 0 Å². The number of amides is 2. The Morgan fingerprint density at radius 3 is 2.30 bits per heavy atom. The van der Waals surface area contributed by atoms with Crippen LogP contribution in [0.1, 0.15) is 23.7 Å². The van der Waals surface area contributed by atoms with Crippen molar-refractivity contribution in [3.05, 3.63) is 29.8 Å². The lowest BCUT2D eigenvalue weighted by Gasteiger charge is -2.28. The number of ketones is 1. The number of ether oxygens (including phenoxy) is 2. The maximum atomic E-state index is 13.0. The van der Waals surface area contributed by atoms with Crippen LogP contribution in [0.2, 0.25) is 0 Å². The Hall–Kier alpha value is -1.74. The van der Waals surface area contributed by atoms with E-state index in [4.69, 9.17) is 9.47 Å². The lowest BCUT2D eigenvalue weighted by atomic mass is 9.81. The standard InChI is InChI=1S/C21H21Br2NO6/c1-9(21(28)30-8-14(25)10-4-3-5-11(6-10)29-2)24-19(26)15-12-7-13(16(15)20(24)27)18(23)17(12)22/h3-6,9,12-13,15-18H,7-8H2,1-2H3. The molecule has 0 N–H and O–H groups in total. The van der Waals surface area contributed by atoms with Gasteiger partial charge in [0.25, 0.3) is 0 Å². The fourth-order valence-electron chi connectivity index (χ4n) is 5.00. The second-order valence-electron chi connectivity index (χ2n) is 7.99. The first-order chi connectivity index (χ1) is 14.3. The van der Waals surface area contributed by atoms with Crippen molar-refractivity contribution in [3.8, 4) is 5.75 Å². The Labute approximate surface area is 190 Å². The average Bonchev–Trinajstić information content (AvgIpc) is 3.36. The number of rotatable bonds is 6. The van der Waals surface area contributed by atoms with Gasteiger partial charge in [0.2, 0.25) is 11.8 Å². The number of alkyl halides is 2. The van der Waals surface area contributed by atoms with Crippen molar-refractivity contribution in [1.29, 1.82) is 0 Å². The first-order valence-corrected chi connectivity index (χ1v) is 11.6. The smallest absolute Gasteiger partial charge is 0.329 e. The molecule has 1 aromatic rings. The second kappa shape index (κ2) is 8.07. The summed E-state index contributed by atoms with van der Waals surface area (Å²) >= 11 is 7.27. The largest absolute Gasteiger partial charge is 0.497 e. The molecule has 7 unspecified atom stereocenters. The summed E-state index contributed by atoms with van der Waals surface area (Å²) in [5.41, 5.74) is 0.348. The zero-order valence-corrected chi connectivity index (χ0v) is 19.6. The van der Waals surface area contributed by atoms with E-state index in [-0.39, 0.29) is 33.3 Å². The van der Waals surface area contributed by atoms with Gasteiger partial charge in [-0.1, -0.05) is 44.0 Å². The Kier molecular flexibility index (Phi) is 5.78. The number of halogens is 2. The summed E-state index contributed by atoms with van der Waals surface area (Å²) in [4.78, 5) is 52.2. The molecular formula is C21H21Br2NO6. The van der Waals surface area contributed by atoms with Gasteiger partial charge in [0, 0.05) is 15.2 Å². The number of methoxy groups -OCH3 is 1. The fourth-order valence-corrected chi connectivity index (χ4v) is 6.87. The predicted octanol–water partition coefficient (Wildman–Crippen LogP) is 2.59. The number of likely N-dealkylation sites (tertiary alicyclic amines) is 1. The number of carbonyl (C=O) groups is 4. The molecule has 9 heteroatoms. The zero-order valence-electron chi connectivity index (χ0n) is 16.4. The van der Waals surface area contributed by atoms with Crippen LogP contribution in [-0.2, 0) is 19.1 Å². The van der Waals surface area contributed by atoms with Crippen LogP contribution in [0, 0.1) is 23.7 Å². The van der Waals surface area contributed by atoms with Gasteiger partial charge in [0.1, 0.15) is 11.8 Å². The first kappa shape index (κ1) is 21.5. The molecule has 4 rings (SSSR count). The van der Waals surface area contributed by atoms with E-state index in [1.54, 1.807) is 24.3 Å². The fraction of sp³-hybridized carbons (Fsp3) is 0.524. The van der Waals surface area contributed by atoms with Crippen LogP contribution in [0.3, 0.4) is 0 Å². The van der Waals surface area contributed by atoms with Crippen LogP contribution in [0.4, 0.5) is 0 Å². The Balaban J connectivity index is 1.41. The molecule has 2 saturated carbocycles. The number of benzene rings is 1. The molecule has 1 aromatic carbocycles. The number of hydrogen-bond acceptors (Lipinski definition) is 6. The Morgan fingerprint density at radius 2 is 1.73 bits per heavy atom. The van der Waals surface area contributed by atoms with Gasteiger partial charge in [0.05, 0.1) is 18.9 Å². The molecule has 30 heavy (non-hydrogen) atoms. The van der Waals surface area contributed by atoms with Crippen LogP contribution in [0.5, 0.6) is 5.75 Å². The van der Waals surface area contributed by atoms with E-state index in [9.17, 15) is 19.2 Å². The molecule has 7 nitrogen and oxygen atoms in total. The number of imide groups is 1. The van der Waals surface area contributed by atoms with Gasteiger partial charge in [-0.25, -0.2) is 4.79 Å². The summed E-state index contributed by atoms with van der Waals surface area (Å²) in [6, 6.07) is 5.45. The molecule has 1 heterocycles. The normalized spacial score (nSPS) is 32.9. The molecule has 2 amide bonds. The number of esters is 1. The Bertz CT molecular complexity index is 889. The Morgan fingerprint density at radius 1 is 1.13 bits per heavy atom. The first-order valence-electron chi connectivity index (χ1n) is 9.75. The van der Waals surface area contributed by atoms with Crippen molar-refractivity contribution < 1.29 is 28.7 Å². The molecule has 3 fully saturated rings. The number of Topliss-reactive ketones (excluding diaryl/α,β-unsaturated/α-hetero) is 1. The third-order valence-corrected chi connectivity index (χ3v) is 9.69. The minimum Gasteiger partial charge on any atom is -0.497 e. The molecule has 0 radical (unpaired) electrons. The summed E-state index contributed by atoms with van der Waals surface area (Å²) in [6.45, 7) is 0.992. The SMILES string of the molecule is COc1cccc(C(=O)COC(=O)C(C)N2C(=O)C3C4CC(C(Br)C4Br)C3C2=O)c1. The highest BCUT2D eigenvalue weighted by Crippen LogP contribution is 2.60. The maximum absolute atomic E-state index is 13.0. The van der Waals surface area contributed by atoms with Gasteiger partial charge in [0.15, 0.2) is 12.4 Å². The molecule has 3 aliphatic rings. The third-order valence-electron chi connectivity index (χ3n) is 6.49. The lowest BCUT2D eigenvalue weighted by Crippen LogP contribution is -2.45. The van der Waals surface area contributed by atoms with Gasteiger partial charge < -0.3 is 9.47 Å². The number of carbonyl (C=O) groups excluding carboxylic acids is 4. The summed E-state index contributed by atoms with van der Waals surface area (Å²) in [5.74, 6) is -1.92. The summed E-state index contributed by atoms with van der Waals surface area (Å²) in [7, 11) is 1.49. The summed E-state index contributed by atoms with van der Waals surface area (Å²) in [6.07, 6.45) is 0.820. The number of nitrogens with zero attached hydrogens (tertiary/aromatic N) is 1.